The minimum Gasteiger partial charge on any atom is -0.497 e. The first-order valence-electron chi connectivity index (χ1n) is 5.87. The zero-order valence-corrected chi connectivity index (χ0v) is 11.3. The number of hydrogen-bond donors (Lipinski definition) is 2. The number of ether oxygens (including phenoxy) is 1. The van der Waals surface area contributed by atoms with E-state index in [1.165, 1.54) is 0 Å². The maximum absolute atomic E-state index is 10.9. The third-order valence-corrected chi connectivity index (χ3v) is 2.94. The van der Waals surface area contributed by atoms with Gasteiger partial charge in [0.2, 0.25) is 0 Å². The van der Waals surface area contributed by atoms with Crippen molar-refractivity contribution in [2.24, 2.45) is 0 Å². The molecule has 0 aliphatic heterocycles. The Labute approximate surface area is 112 Å². The van der Waals surface area contributed by atoms with E-state index in [0.717, 1.165) is 29.2 Å². The van der Waals surface area contributed by atoms with E-state index < -0.39 is 11.9 Å². The molecule has 0 aromatic heterocycles. The van der Waals surface area contributed by atoms with Gasteiger partial charge in [0, 0.05) is 7.11 Å². The van der Waals surface area contributed by atoms with Crippen molar-refractivity contribution in [2.45, 2.75) is 12.8 Å². The van der Waals surface area contributed by atoms with Gasteiger partial charge in [0.15, 0.2) is 0 Å². The first-order chi connectivity index (χ1) is 9.11. The molecule has 0 bridgehead atoms. The number of carboxylic acids is 1. The molecule has 2 N–H and O–H groups in total. The Morgan fingerprint density at radius 3 is 2.26 bits per heavy atom. The van der Waals surface area contributed by atoms with Crippen LogP contribution >= 0.6 is 0 Å². The van der Waals surface area contributed by atoms with E-state index >= 15 is 0 Å². The van der Waals surface area contributed by atoms with Crippen LogP contribution in [0.5, 0.6) is 5.75 Å². The lowest BCUT2D eigenvalue weighted by Crippen LogP contribution is -2.06. The first-order valence-corrected chi connectivity index (χ1v) is 5.87. The number of hydrogen-bond acceptors (Lipinski definition) is 3. The Kier molecular flexibility index (Phi) is 5.33. The maximum atomic E-state index is 10.9. The van der Waals surface area contributed by atoms with E-state index in [-0.39, 0.29) is 0 Å². The molecule has 19 heavy (non-hydrogen) atoms. The molecule has 0 unspecified atom stereocenters. The second-order valence-electron chi connectivity index (χ2n) is 4.03. The molecule has 0 spiro atoms. The van der Waals surface area contributed by atoms with E-state index in [9.17, 15) is 4.79 Å². The topological polar surface area (TPSA) is 66.8 Å². The zero-order valence-electron chi connectivity index (χ0n) is 11.3. The highest BCUT2D eigenvalue weighted by Gasteiger charge is 2.13. The molecule has 4 nitrogen and oxygen atoms in total. The number of methoxy groups -OCH3 is 1. The zero-order chi connectivity index (χ0) is 14.4. The molecule has 0 heterocycles. The second-order valence-corrected chi connectivity index (χ2v) is 4.03. The smallest absolute Gasteiger partial charge is 0.310 e. The molecule has 4 heteroatoms. The highest BCUT2D eigenvalue weighted by Crippen LogP contribution is 2.25. The summed E-state index contributed by atoms with van der Waals surface area (Å²) in [6.07, 6.45) is 0. The average Bonchev–Trinajstić information content (AvgIpc) is 2.47. The summed E-state index contributed by atoms with van der Waals surface area (Å²) < 4.78 is 5.14. The van der Waals surface area contributed by atoms with Gasteiger partial charge in [0.25, 0.3) is 0 Å². The molecule has 0 aliphatic rings. The predicted molar refractivity (Wildman–Crippen MR) is 74.7 cm³/mol. The van der Waals surface area contributed by atoms with Crippen molar-refractivity contribution in [3.8, 4) is 5.75 Å². The average molecular weight is 262 g/mol. The molecular formula is C15H18O4. The van der Waals surface area contributed by atoms with Gasteiger partial charge in [-0.1, -0.05) is 24.3 Å². The number of benzene rings is 2. The van der Waals surface area contributed by atoms with Crippen LogP contribution in [0.1, 0.15) is 18.4 Å². The Bertz CT molecular complexity index is 563. The summed E-state index contributed by atoms with van der Waals surface area (Å²) in [6, 6.07) is 11.4. The highest BCUT2D eigenvalue weighted by atomic mass is 16.5. The minimum absolute atomic E-state index is 0.485. The monoisotopic (exact) mass is 262 g/mol. The third kappa shape index (κ3) is 3.45. The second kappa shape index (κ2) is 6.75. The van der Waals surface area contributed by atoms with Crippen molar-refractivity contribution < 1.29 is 19.7 Å². The lowest BCUT2D eigenvalue weighted by atomic mass is 9.98. The van der Waals surface area contributed by atoms with Gasteiger partial charge in [-0.05, 0) is 35.4 Å². The van der Waals surface area contributed by atoms with Crippen LogP contribution in [0.2, 0.25) is 0 Å². The van der Waals surface area contributed by atoms with Gasteiger partial charge in [-0.3, -0.25) is 4.79 Å². The van der Waals surface area contributed by atoms with Crippen molar-refractivity contribution >= 4 is 16.7 Å². The van der Waals surface area contributed by atoms with E-state index in [1.54, 1.807) is 14.0 Å². The van der Waals surface area contributed by atoms with E-state index in [4.69, 9.17) is 14.9 Å². The number of carboxylic acid groups (broad SMARTS) is 1. The fourth-order valence-electron chi connectivity index (χ4n) is 1.78. The summed E-state index contributed by atoms with van der Waals surface area (Å²) in [7, 11) is 2.63. The van der Waals surface area contributed by atoms with Crippen molar-refractivity contribution in [3.05, 3.63) is 42.0 Å². The van der Waals surface area contributed by atoms with Crippen LogP contribution in [0.25, 0.3) is 10.8 Å². The Morgan fingerprint density at radius 2 is 1.68 bits per heavy atom. The molecule has 0 aliphatic carbocycles. The fraction of sp³-hybridized carbons (Fsp3) is 0.267. The lowest BCUT2D eigenvalue weighted by Gasteiger charge is -2.08. The Hall–Kier alpha value is -2.07. The molecule has 0 amide bonds. The number of aliphatic hydroxyl groups is 1. The van der Waals surface area contributed by atoms with Crippen molar-refractivity contribution in [3.63, 3.8) is 0 Å². The van der Waals surface area contributed by atoms with Crippen LogP contribution in [0, 0.1) is 0 Å². The Balaban J connectivity index is 0.000000861. The molecule has 1 atom stereocenters. The number of carbonyl (C=O) groups is 1. The molecule has 0 saturated heterocycles. The van der Waals surface area contributed by atoms with Crippen LogP contribution in [0.15, 0.2) is 36.4 Å². The van der Waals surface area contributed by atoms with Gasteiger partial charge < -0.3 is 14.9 Å². The quantitative estimate of drug-likeness (QED) is 0.892. The summed E-state index contributed by atoms with van der Waals surface area (Å²) >= 11 is 0. The normalized spacial score (nSPS) is 11.4. The van der Waals surface area contributed by atoms with Crippen LogP contribution in [-0.4, -0.2) is 30.4 Å². The number of aliphatic hydroxyl groups excluding tert-OH is 1. The molecule has 0 saturated carbocycles. The summed E-state index contributed by atoms with van der Waals surface area (Å²) in [5.74, 6) is -0.490. The van der Waals surface area contributed by atoms with Gasteiger partial charge in [0.1, 0.15) is 5.75 Å². The molecule has 0 fully saturated rings. The van der Waals surface area contributed by atoms with Crippen molar-refractivity contribution in [1.29, 1.82) is 0 Å². The van der Waals surface area contributed by atoms with E-state index in [1.807, 2.05) is 36.4 Å². The summed E-state index contributed by atoms with van der Waals surface area (Å²) in [5, 5.41) is 18.0. The van der Waals surface area contributed by atoms with Gasteiger partial charge in [0.05, 0.1) is 13.0 Å². The molecule has 2 rings (SSSR count). The van der Waals surface area contributed by atoms with Crippen LogP contribution in [-0.2, 0) is 4.79 Å². The summed E-state index contributed by atoms with van der Waals surface area (Å²) in [6.45, 7) is 1.69. The summed E-state index contributed by atoms with van der Waals surface area (Å²) in [5.41, 5.74) is 0.815. The molecule has 0 radical (unpaired) electrons. The SMILES string of the molecule is CO.COc1ccc2cc([C@H](C)C(=O)O)ccc2c1. The molecular weight excluding hydrogens is 244 g/mol. The number of fused-ring (bicyclic) bond motifs is 1. The molecule has 2 aromatic rings. The third-order valence-electron chi connectivity index (χ3n) is 2.94. The highest BCUT2D eigenvalue weighted by molar-refractivity contribution is 5.86. The van der Waals surface area contributed by atoms with Crippen molar-refractivity contribution in [2.75, 3.05) is 14.2 Å². The lowest BCUT2D eigenvalue weighted by molar-refractivity contribution is -0.138. The van der Waals surface area contributed by atoms with Gasteiger partial charge >= 0.3 is 5.97 Å². The van der Waals surface area contributed by atoms with Gasteiger partial charge in [-0.25, -0.2) is 0 Å². The van der Waals surface area contributed by atoms with Gasteiger partial charge in [-0.2, -0.15) is 0 Å². The number of aliphatic carboxylic acids is 1. The molecule has 102 valence electrons. The first kappa shape index (κ1) is 15.0. The number of rotatable bonds is 3. The predicted octanol–water partition coefficient (Wildman–Crippen LogP) is 2.65. The Morgan fingerprint density at radius 1 is 1.11 bits per heavy atom. The van der Waals surface area contributed by atoms with Crippen molar-refractivity contribution in [1.82, 2.24) is 0 Å². The van der Waals surface area contributed by atoms with E-state index in [0.29, 0.717) is 0 Å². The van der Waals surface area contributed by atoms with Crippen LogP contribution in [0.3, 0.4) is 0 Å². The minimum atomic E-state index is -0.808. The van der Waals surface area contributed by atoms with E-state index in [2.05, 4.69) is 0 Å². The largest absolute Gasteiger partial charge is 0.497 e. The standard InChI is InChI=1S/C14H14O3.CH4O/c1-9(14(15)16)10-3-4-12-8-13(17-2)6-5-11(12)7-10;1-2/h3-9H,1-2H3,(H,15,16);2H,1H3/t9-;/m0./s1. The maximum Gasteiger partial charge on any atom is 0.310 e. The fourth-order valence-corrected chi connectivity index (χ4v) is 1.78. The molecule has 2 aromatic carbocycles. The summed E-state index contributed by atoms with van der Waals surface area (Å²) in [4.78, 5) is 10.9. The van der Waals surface area contributed by atoms with Gasteiger partial charge in [-0.15, -0.1) is 0 Å². The van der Waals surface area contributed by atoms with Crippen LogP contribution in [0.4, 0.5) is 0 Å². The van der Waals surface area contributed by atoms with Crippen LogP contribution < -0.4 is 4.74 Å².